The maximum absolute atomic E-state index is 11.6. The van der Waals surface area contributed by atoms with E-state index < -0.39 is 0 Å². The van der Waals surface area contributed by atoms with E-state index >= 15 is 0 Å². The third kappa shape index (κ3) is 9.35. The minimum atomic E-state index is -0.113. The highest BCUT2D eigenvalue weighted by Gasteiger charge is 2.15. The summed E-state index contributed by atoms with van der Waals surface area (Å²) in [7, 11) is 1.67. The van der Waals surface area contributed by atoms with Gasteiger partial charge in [0.1, 0.15) is 0 Å². The summed E-state index contributed by atoms with van der Waals surface area (Å²) in [5.41, 5.74) is 10.8. The van der Waals surface area contributed by atoms with Crippen molar-refractivity contribution in [2.45, 2.75) is 31.7 Å². The molecule has 0 aliphatic heterocycles. The fourth-order valence-corrected chi connectivity index (χ4v) is 1.66. The summed E-state index contributed by atoms with van der Waals surface area (Å²) < 4.78 is 0. The molecule has 0 aliphatic carbocycles. The van der Waals surface area contributed by atoms with E-state index in [1.807, 2.05) is 0 Å². The number of likely N-dealkylation sites (N-methyl/N-ethyl adjacent to an activating group) is 1. The molecule has 0 aliphatic rings. The van der Waals surface area contributed by atoms with Gasteiger partial charge in [-0.3, -0.25) is 4.79 Å². The Morgan fingerprint density at radius 2 is 1.67 bits per heavy atom. The Labute approximate surface area is 110 Å². The molecule has 108 valence electrons. The highest BCUT2D eigenvalue weighted by Crippen LogP contribution is 1.97. The zero-order valence-corrected chi connectivity index (χ0v) is 11.5. The van der Waals surface area contributed by atoms with Crippen LogP contribution in [0.25, 0.3) is 0 Å². The van der Waals surface area contributed by atoms with Crippen molar-refractivity contribution >= 4 is 5.91 Å². The van der Waals surface area contributed by atoms with Crippen LogP contribution in [0.4, 0.5) is 0 Å². The minimum Gasteiger partial charge on any atom is -0.358 e. The molecule has 6 heteroatoms. The average molecular weight is 259 g/mol. The van der Waals surface area contributed by atoms with Crippen LogP contribution in [0.5, 0.6) is 0 Å². The first-order valence-corrected chi connectivity index (χ1v) is 6.82. The van der Waals surface area contributed by atoms with Crippen molar-refractivity contribution in [1.29, 1.82) is 0 Å². The van der Waals surface area contributed by atoms with Crippen molar-refractivity contribution in [3.8, 4) is 0 Å². The highest BCUT2D eigenvalue weighted by molar-refractivity contribution is 5.81. The lowest BCUT2D eigenvalue weighted by atomic mass is 10.1. The molecule has 0 aromatic rings. The van der Waals surface area contributed by atoms with Crippen molar-refractivity contribution in [3.05, 3.63) is 0 Å². The summed E-state index contributed by atoms with van der Waals surface area (Å²) in [5.74, 6) is 0.0500. The lowest BCUT2D eigenvalue weighted by molar-refractivity contribution is -0.122. The summed E-state index contributed by atoms with van der Waals surface area (Å²) in [6.07, 6.45) is 3.69. The average Bonchev–Trinajstić information content (AvgIpc) is 2.40. The van der Waals surface area contributed by atoms with Gasteiger partial charge in [-0.05, 0) is 58.4 Å². The first-order chi connectivity index (χ1) is 8.76. The molecular formula is C12H29N5O. The zero-order chi connectivity index (χ0) is 13.6. The van der Waals surface area contributed by atoms with E-state index in [4.69, 9.17) is 11.5 Å². The number of nitrogens with two attached hydrogens (primary N) is 2. The molecule has 0 rings (SSSR count). The summed E-state index contributed by atoms with van der Waals surface area (Å²) in [6.45, 7) is 4.02. The fraction of sp³-hybridized carbons (Fsp3) is 0.917. The lowest BCUT2D eigenvalue weighted by Gasteiger charge is -2.17. The smallest absolute Gasteiger partial charge is 0.236 e. The fourth-order valence-electron chi connectivity index (χ4n) is 1.66. The Bertz CT molecular complexity index is 201. The summed E-state index contributed by atoms with van der Waals surface area (Å²) in [4.78, 5) is 11.6. The van der Waals surface area contributed by atoms with Gasteiger partial charge in [-0.1, -0.05) is 0 Å². The standard InChI is InChI=1S/C12H29N5O/c1-15-12(18)11(17-10-4-7-14)5-2-8-16-9-3-6-13/h11,16-17H,2-10,13-14H2,1H3,(H,15,18). The van der Waals surface area contributed by atoms with E-state index in [9.17, 15) is 4.79 Å². The van der Waals surface area contributed by atoms with Gasteiger partial charge < -0.3 is 27.4 Å². The van der Waals surface area contributed by atoms with E-state index in [2.05, 4.69) is 16.0 Å². The molecule has 7 N–H and O–H groups in total. The van der Waals surface area contributed by atoms with Crippen LogP contribution in [0.15, 0.2) is 0 Å². The number of nitrogens with one attached hydrogen (secondary N) is 3. The second kappa shape index (κ2) is 12.8. The molecule has 0 aromatic carbocycles. The van der Waals surface area contributed by atoms with Crippen molar-refractivity contribution in [3.63, 3.8) is 0 Å². The molecule has 0 saturated heterocycles. The Hall–Kier alpha value is -0.690. The minimum absolute atomic E-state index is 0.0500. The lowest BCUT2D eigenvalue weighted by Crippen LogP contribution is -2.43. The molecular weight excluding hydrogens is 230 g/mol. The van der Waals surface area contributed by atoms with Crippen LogP contribution >= 0.6 is 0 Å². The van der Waals surface area contributed by atoms with Gasteiger partial charge in [0.25, 0.3) is 0 Å². The molecule has 6 nitrogen and oxygen atoms in total. The maximum Gasteiger partial charge on any atom is 0.236 e. The van der Waals surface area contributed by atoms with Gasteiger partial charge in [-0.25, -0.2) is 0 Å². The van der Waals surface area contributed by atoms with Crippen molar-refractivity contribution in [2.75, 3.05) is 39.8 Å². The van der Waals surface area contributed by atoms with Gasteiger partial charge in [-0.2, -0.15) is 0 Å². The third-order valence-electron chi connectivity index (χ3n) is 2.74. The third-order valence-corrected chi connectivity index (χ3v) is 2.74. The molecule has 1 unspecified atom stereocenters. The second-order valence-corrected chi connectivity index (χ2v) is 4.30. The quantitative estimate of drug-likeness (QED) is 0.282. The van der Waals surface area contributed by atoms with Gasteiger partial charge in [-0.15, -0.1) is 0 Å². The van der Waals surface area contributed by atoms with E-state index in [0.29, 0.717) is 13.1 Å². The van der Waals surface area contributed by atoms with Crippen molar-refractivity contribution in [2.24, 2.45) is 11.5 Å². The molecule has 0 heterocycles. The number of amides is 1. The molecule has 18 heavy (non-hydrogen) atoms. The predicted octanol–water partition coefficient (Wildman–Crippen LogP) is -1.24. The molecule has 0 spiro atoms. The van der Waals surface area contributed by atoms with Crippen LogP contribution in [-0.4, -0.2) is 51.7 Å². The van der Waals surface area contributed by atoms with Crippen molar-refractivity contribution < 1.29 is 4.79 Å². The Morgan fingerprint density at radius 1 is 1.06 bits per heavy atom. The van der Waals surface area contributed by atoms with Crippen LogP contribution in [0.3, 0.4) is 0 Å². The summed E-state index contributed by atoms with van der Waals surface area (Å²) in [5, 5.41) is 9.22. The molecule has 0 fully saturated rings. The molecule has 0 radical (unpaired) electrons. The van der Waals surface area contributed by atoms with E-state index in [1.54, 1.807) is 7.05 Å². The van der Waals surface area contributed by atoms with Crippen LogP contribution < -0.4 is 27.4 Å². The first-order valence-electron chi connectivity index (χ1n) is 6.82. The van der Waals surface area contributed by atoms with E-state index in [0.717, 1.165) is 45.3 Å². The molecule has 1 atom stereocenters. The normalized spacial score (nSPS) is 12.4. The molecule has 0 bridgehead atoms. The van der Waals surface area contributed by atoms with Gasteiger partial charge in [0.2, 0.25) is 5.91 Å². The van der Waals surface area contributed by atoms with Crippen LogP contribution in [0, 0.1) is 0 Å². The van der Waals surface area contributed by atoms with Crippen molar-refractivity contribution in [1.82, 2.24) is 16.0 Å². The SMILES string of the molecule is CNC(=O)C(CCCNCCCN)NCCCN. The van der Waals surface area contributed by atoms with E-state index in [-0.39, 0.29) is 11.9 Å². The Balaban J connectivity index is 3.69. The van der Waals surface area contributed by atoms with E-state index in [1.165, 1.54) is 0 Å². The Morgan fingerprint density at radius 3 is 2.28 bits per heavy atom. The monoisotopic (exact) mass is 259 g/mol. The first kappa shape index (κ1) is 17.3. The highest BCUT2D eigenvalue weighted by atomic mass is 16.2. The number of rotatable bonds is 12. The predicted molar refractivity (Wildman–Crippen MR) is 75.3 cm³/mol. The van der Waals surface area contributed by atoms with Crippen LogP contribution in [0.1, 0.15) is 25.7 Å². The van der Waals surface area contributed by atoms with Gasteiger partial charge in [0.05, 0.1) is 6.04 Å². The zero-order valence-electron chi connectivity index (χ0n) is 11.5. The van der Waals surface area contributed by atoms with Crippen LogP contribution in [-0.2, 0) is 4.79 Å². The van der Waals surface area contributed by atoms with Crippen LogP contribution in [0.2, 0.25) is 0 Å². The number of carbonyl (C=O) groups excluding carboxylic acids is 1. The number of hydrogen-bond donors (Lipinski definition) is 5. The van der Waals surface area contributed by atoms with Gasteiger partial charge >= 0.3 is 0 Å². The summed E-state index contributed by atoms with van der Waals surface area (Å²) in [6, 6.07) is -0.113. The van der Waals surface area contributed by atoms with Gasteiger partial charge in [0, 0.05) is 7.05 Å². The molecule has 0 saturated carbocycles. The maximum atomic E-state index is 11.6. The second-order valence-electron chi connectivity index (χ2n) is 4.30. The molecule has 0 aromatic heterocycles. The largest absolute Gasteiger partial charge is 0.358 e. The molecule has 1 amide bonds. The topological polar surface area (TPSA) is 105 Å². The number of carbonyl (C=O) groups is 1. The Kier molecular flexibility index (Phi) is 12.3. The number of hydrogen-bond acceptors (Lipinski definition) is 5. The summed E-state index contributed by atoms with van der Waals surface area (Å²) >= 11 is 0. The van der Waals surface area contributed by atoms with Gasteiger partial charge in [0.15, 0.2) is 0 Å².